The maximum atomic E-state index is 5.63. The minimum atomic E-state index is 0.829. The van der Waals surface area contributed by atoms with Crippen LogP contribution in [0.15, 0.2) is 24.3 Å². The molecular formula is C13H22N2O. The Labute approximate surface area is 98.2 Å². The van der Waals surface area contributed by atoms with Crippen molar-refractivity contribution in [2.45, 2.75) is 20.4 Å². The highest BCUT2D eigenvalue weighted by Crippen LogP contribution is 2.09. The van der Waals surface area contributed by atoms with Crippen molar-refractivity contribution >= 4 is 5.69 Å². The molecule has 1 aliphatic heterocycles. The number of nitrogens with two attached hydrogens (primary N) is 1. The second-order valence-corrected chi connectivity index (χ2v) is 3.63. The molecule has 0 aliphatic carbocycles. The maximum Gasteiger partial charge on any atom is 0.0594 e. The molecule has 0 bridgehead atoms. The summed E-state index contributed by atoms with van der Waals surface area (Å²) in [5.41, 5.74) is 7.78. The Balaban J connectivity index is 0.000000606. The molecule has 90 valence electrons. The number of benzene rings is 1. The van der Waals surface area contributed by atoms with Crippen LogP contribution >= 0.6 is 0 Å². The van der Waals surface area contributed by atoms with E-state index >= 15 is 0 Å². The number of morpholine rings is 1. The highest BCUT2D eigenvalue weighted by atomic mass is 16.5. The van der Waals surface area contributed by atoms with Gasteiger partial charge in [-0.25, -0.2) is 0 Å². The van der Waals surface area contributed by atoms with Crippen molar-refractivity contribution in [3.8, 4) is 0 Å². The summed E-state index contributed by atoms with van der Waals surface area (Å²) in [5, 5.41) is 0. The number of hydrogen-bond acceptors (Lipinski definition) is 3. The van der Waals surface area contributed by atoms with E-state index in [1.165, 1.54) is 5.56 Å². The van der Waals surface area contributed by atoms with Gasteiger partial charge in [-0.05, 0) is 17.7 Å². The van der Waals surface area contributed by atoms with Crippen LogP contribution in [0.5, 0.6) is 0 Å². The second kappa shape index (κ2) is 7.25. The van der Waals surface area contributed by atoms with Gasteiger partial charge in [-0.3, -0.25) is 4.90 Å². The van der Waals surface area contributed by atoms with Gasteiger partial charge >= 0.3 is 0 Å². The van der Waals surface area contributed by atoms with Gasteiger partial charge in [-0.15, -0.1) is 0 Å². The Kier molecular flexibility index (Phi) is 5.90. The molecule has 16 heavy (non-hydrogen) atoms. The van der Waals surface area contributed by atoms with E-state index in [-0.39, 0.29) is 0 Å². The number of hydrogen-bond donors (Lipinski definition) is 1. The first-order valence-corrected chi connectivity index (χ1v) is 5.99. The van der Waals surface area contributed by atoms with Gasteiger partial charge in [0.15, 0.2) is 0 Å². The number of rotatable bonds is 2. The Morgan fingerprint density at radius 3 is 2.25 bits per heavy atom. The summed E-state index contributed by atoms with van der Waals surface area (Å²) < 4.78 is 5.29. The second-order valence-electron chi connectivity index (χ2n) is 3.63. The van der Waals surface area contributed by atoms with Crippen molar-refractivity contribution in [3.63, 3.8) is 0 Å². The van der Waals surface area contributed by atoms with E-state index in [2.05, 4.69) is 17.0 Å². The largest absolute Gasteiger partial charge is 0.399 e. The highest BCUT2D eigenvalue weighted by molar-refractivity contribution is 5.39. The third-order valence-electron chi connectivity index (χ3n) is 2.49. The fourth-order valence-electron chi connectivity index (χ4n) is 1.64. The van der Waals surface area contributed by atoms with Crippen LogP contribution in [0.1, 0.15) is 19.4 Å². The molecule has 1 aromatic carbocycles. The van der Waals surface area contributed by atoms with Gasteiger partial charge in [0.1, 0.15) is 0 Å². The lowest BCUT2D eigenvalue weighted by Gasteiger charge is -2.26. The Morgan fingerprint density at radius 2 is 1.69 bits per heavy atom. The first kappa shape index (κ1) is 13.0. The summed E-state index contributed by atoms with van der Waals surface area (Å²) in [7, 11) is 0. The molecule has 0 atom stereocenters. The minimum absolute atomic E-state index is 0.829. The molecule has 0 unspecified atom stereocenters. The van der Waals surface area contributed by atoms with E-state index in [0.29, 0.717) is 0 Å². The van der Waals surface area contributed by atoms with Crippen molar-refractivity contribution in [2.75, 3.05) is 32.0 Å². The molecule has 1 aromatic rings. The normalized spacial score (nSPS) is 16.4. The van der Waals surface area contributed by atoms with E-state index in [9.17, 15) is 0 Å². The van der Waals surface area contributed by atoms with Gasteiger partial charge in [0, 0.05) is 25.3 Å². The quantitative estimate of drug-likeness (QED) is 0.779. The van der Waals surface area contributed by atoms with Gasteiger partial charge < -0.3 is 10.5 Å². The summed E-state index contributed by atoms with van der Waals surface area (Å²) in [6.45, 7) is 8.78. The smallest absolute Gasteiger partial charge is 0.0594 e. The molecule has 0 saturated carbocycles. The van der Waals surface area contributed by atoms with E-state index in [1.54, 1.807) is 0 Å². The molecule has 3 nitrogen and oxygen atoms in total. The fourth-order valence-corrected chi connectivity index (χ4v) is 1.64. The first-order valence-electron chi connectivity index (χ1n) is 5.99. The lowest BCUT2D eigenvalue weighted by atomic mass is 10.2. The molecule has 1 aliphatic rings. The number of nitrogens with zero attached hydrogens (tertiary/aromatic N) is 1. The van der Waals surface area contributed by atoms with E-state index in [0.717, 1.165) is 38.5 Å². The molecule has 0 amide bonds. The number of ether oxygens (including phenoxy) is 1. The molecule has 2 N–H and O–H groups in total. The predicted molar refractivity (Wildman–Crippen MR) is 68.3 cm³/mol. The molecule has 0 aromatic heterocycles. The summed E-state index contributed by atoms with van der Waals surface area (Å²) in [5.74, 6) is 0. The third kappa shape index (κ3) is 4.21. The van der Waals surface area contributed by atoms with Crippen LogP contribution in [0.25, 0.3) is 0 Å². The lowest BCUT2D eigenvalue weighted by Crippen LogP contribution is -2.35. The first-order chi connectivity index (χ1) is 7.84. The van der Waals surface area contributed by atoms with Crippen molar-refractivity contribution in [1.29, 1.82) is 0 Å². The van der Waals surface area contributed by atoms with Crippen LogP contribution in [-0.2, 0) is 11.3 Å². The zero-order valence-corrected chi connectivity index (χ0v) is 10.3. The standard InChI is InChI=1S/C11H16N2O.C2H6/c12-11-3-1-10(2-4-11)9-13-5-7-14-8-6-13;1-2/h1-4H,5-9,12H2;1-2H3. The number of anilines is 1. The zero-order chi connectivity index (χ0) is 11.8. The van der Waals surface area contributed by atoms with Crippen molar-refractivity contribution in [1.82, 2.24) is 4.90 Å². The average molecular weight is 222 g/mol. The predicted octanol–water partition coefficient (Wildman–Crippen LogP) is 2.13. The van der Waals surface area contributed by atoms with Crippen LogP contribution in [-0.4, -0.2) is 31.2 Å². The summed E-state index contributed by atoms with van der Waals surface area (Å²) in [6.07, 6.45) is 0. The molecule has 0 radical (unpaired) electrons. The summed E-state index contributed by atoms with van der Waals surface area (Å²) in [4.78, 5) is 2.40. The molecule has 1 fully saturated rings. The van der Waals surface area contributed by atoms with Crippen molar-refractivity contribution in [3.05, 3.63) is 29.8 Å². The zero-order valence-electron chi connectivity index (χ0n) is 10.3. The van der Waals surface area contributed by atoms with Crippen LogP contribution in [0.2, 0.25) is 0 Å². The Morgan fingerprint density at radius 1 is 1.12 bits per heavy atom. The Bertz CT molecular complexity index is 278. The maximum absolute atomic E-state index is 5.63. The molecule has 1 saturated heterocycles. The van der Waals surface area contributed by atoms with Crippen LogP contribution in [0, 0.1) is 0 Å². The van der Waals surface area contributed by atoms with Gasteiger partial charge in [0.05, 0.1) is 13.2 Å². The molecular weight excluding hydrogens is 200 g/mol. The third-order valence-corrected chi connectivity index (χ3v) is 2.49. The number of nitrogen functional groups attached to an aromatic ring is 1. The Hall–Kier alpha value is -1.06. The monoisotopic (exact) mass is 222 g/mol. The van der Waals surface area contributed by atoms with Crippen LogP contribution in [0.4, 0.5) is 5.69 Å². The van der Waals surface area contributed by atoms with Gasteiger partial charge in [-0.1, -0.05) is 26.0 Å². The molecule has 3 heteroatoms. The summed E-state index contributed by atoms with van der Waals surface area (Å²) >= 11 is 0. The topological polar surface area (TPSA) is 38.5 Å². The van der Waals surface area contributed by atoms with E-state index < -0.39 is 0 Å². The van der Waals surface area contributed by atoms with E-state index in [1.807, 2.05) is 26.0 Å². The van der Waals surface area contributed by atoms with Crippen LogP contribution in [0.3, 0.4) is 0 Å². The van der Waals surface area contributed by atoms with Crippen molar-refractivity contribution < 1.29 is 4.74 Å². The lowest BCUT2D eigenvalue weighted by molar-refractivity contribution is 0.0342. The highest BCUT2D eigenvalue weighted by Gasteiger charge is 2.09. The molecule has 1 heterocycles. The average Bonchev–Trinajstić information content (AvgIpc) is 2.36. The van der Waals surface area contributed by atoms with Crippen molar-refractivity contribution in [2.24, 2.45) is 0 Å². The summed E-state index contributed by atoms with van der Waals surface area (Å²) in [6, 6.07) is 8.08. The van der Waals surface area contributed by atoms with Gasteiger partial charge in [-0.2, -0.15) is 0 Å². The minimum Gasteiger partial charge on any atom is -0.399 e. The van der Waals surface area contributed by atoms with E-state index in [4.69, 9.17) is 10.5 Å². The van der Waals surface area contributed by atoms with Gasteiger partial charge in [0.2, 0.25) is 0 Å². The van der Waals surface area contributed by atoms with Gasteiger partial charge in [0.25, 0.3) is 0 Å². The van der Waals surface area contributed by atoms with Crippen LogP contribution < -0.4 is 5.73 Å². The fraction of sp³-hybridized carbons (Fsp3) is 0.538. The molecule has 0 spiro atoms. The SMILES string of the molecule is CC.Nc1ccc(CN2CCOCC2)cc1. The molecule has 2 rings (SSSR count).